The van der Waals surface area contributed by atoms with Crippen LogP contribution >= 0.6 is 11.8 Å². The molecule has 3 rings (SSSR count). The van der Waals surface area contributed by atoms with Crippen molar-refractivity contribution in [3.63, 3.8) is 0 Å². The molecule has 2 aromatic rings. The van der Waals surface area contributed by atoms with Crippen molar-refractivity contribution in [3.05, 3.63) is 65.2 Å². The largest absolute Gasteiger partial charge is 0.416 e. The molecule has 0 N–H and O–H groups in total. The van der Waals surface area contributed by atoms with Crippen LogP contribution in [0.1, 0.15) is 33.2 Å². The molecule has 0 spiro atoms. The molecule has 0 bridgehead atoms. The Labute approximate surface area is 124 Å². The summed E-state index contributed by atoms with van der Waals surface area (Å²) in [6, 6.07) is 12.4. The van der Waals surface area contributed by atoms with Crippen LogP contribution in [0.2, 0.25) is 0 Å². The van der Waals surface area contributed by atoms with Crippen LogP contribution in [0.3, 0.4) is 0 Å². The zero-order valence-corrected chi connectivity index (χ0v) is 11.7. The number of fused-ring (bicyclic) bond motifs is 1. The third kappa shape index (κ3) is 2.83. The number of rotatable bonds is 1. The van der Waals surface area contributed by atoms with Crippen molar-refractivity contribution in [3.8, 4) is 0 Å². The molecular formula is C16H11F3OS. The molecule has 1 nitrogen and oxygen atoms in total. The van der Waals surface area contributed by atoms with E-state index in [-0.39, 0.29) is 11.0 Å². The number of hydrogen-bond acceptors (Lipinski definition) is 2. The smallest absolute Gasteiger partial charge is 0.294 e. The summed E-state index contributed by atoms with van der Waals surface area (Å²) >= 11 is 1.53. The van der Waals surface area contributed by atoms with Crippen LogP contribution in [0, 0.1) is 0 Å². The Kier molecular flexibility index (Phi) is 3.53. The lowest BCUT2D eigenvalue weighted by Gasteiger charge is -2.23. The van der Waals surface area contributed by atoms with Crippen molar-refractivity contribution in [1.82, 2.24) is 0 Å². The number of carbonyl (C=O) groups excluding carboxylic acids is 1. The topological polar surface area (TPSA) is 17.1 Å². The van der Waals surface area contributed by atoms with E-state index in [2.05, 4.69) is 0 Å². The van der Waals surface area contributed by atoms with Gasteiger partial charge in [-0.15, -0.1) is 11.8 Å². The zero-order chi connectivity index (χ0) is 15.0. The second kappa shape index (κ2) is 5.22. The molecule has 0 amide bonds. The van der Waals surface area contributed by atoms with Crippen LogP contribution in [0.25, 0.3) is 0 Å². The summed E-state index contributed by atoms with van der Waals surface area (Å²) in [5, 5.41) is -0.130. The summed E-state index contributed by atoms with van der Waals surface area (Å²) in [7, 11) is 0. The fourth-order valence-corrected chi connectivity index (χ4v) is 3.65. The van der Waals surface area contributed by atoms with Crippen LogP contribution in [0.4, 0.5) is 13.2 Å². The van der Waals surface area contributed by atoms with Gasteiger partial charge in [-0.3, -0.25) is 4.79 Å². The first-order valence-corrected chi connectivity index (χ1v) is 7.29. The number of hydrogen-bond donors (Lipinski definition) is 0. The Morgan fingerprint density at radius 1 is 1.00 bits per heavy atom. The highest BCUT2D eigenvalue weighted by Crippen LogP contribution is 2.44. The molecule has 1 atom stereocenters. The van der Waals surface area contributed by atoms with E-state index < -0.39 is 11.7 Å². The van der Waals surface area contributed by atoms with Gasteiger partial charge in [0.25, 0.3) is 0 Å². The molecule has 0 aliphatic carbocycles. The molecule has 1 aliphatic heterocycles. The van der Waals surface area contributed by atoms with Crippen LogP contribution in [-0.4, -0.2) is 5.78 Å². The molecule has 1 heterocycles. The summed E-state index contributed by atoms with van der Waals surface area (Å²) in [6.07, 6.45) is -4.02. The number of carbonyl (C=O) groups is 1. The standard InChI is InChI=1S/C16H11F3OS/c17-16(18,19)11-7-5-10(6-8-11)15-9-13(20)12-3-1-2-4-14(12)21-15/h1-8,15H,9H2. The van der Waals surface area contributed by atoms with Gasteiger partial charge in [-0.2, -0.15) is 13.2 Å². The highest BCUT2D eigenvalue weighted by atomic mass is 32.2. The van der Waals surface area contributed by atoms with Crippen molar-refractivity contribution < 1.29 is 18.0 Å². The fraction of sp³-hybridized carbons (Fsp3) is 0.188. The van der Waals surface area contributed by atoms with Crippen molar-refractivity contribution >= 4 is 17.5 Å². The van der Waals surface area contributed by atoms with E-state index in [1.54, 1.807) is 6.07 Å². The van der Waals surface area contributed by atoms with Crippen molar-refractivity contribution in [1.29, 1.82) is 0 Å². The van der Waals surface area contributed by atoms with Crippen LogP contribution in [0.5, 0.6) is 0 Å². The number of benzene rings is 2. The second-order valence-corrected chi connectivity index (χ2v) is 6.09. The quantitative estimate of drug-likeness (QED) is 0.727. The Hall–Kier alpha value is -1.75. The van der Waals surface area contributed by atoms with Crippen molar-refractivity contribution in [2.24, 2.45) is 0 Å². The SMILES string of the molecule is O=C1CC(c2ccc(C(F)(F)F)cc2)Sc2ccccc21. The maximum Gasteiger partial charge on any atom is 0.416 e. The summed E-state index contributed by atoms with van der Waals surface area (Å²) in [6.45, 7) is 0. The lowest BCUT2D eigenvalue weighted by atomic mass is 10.0. The van der Waals surface area contributed by atoms with E-state index >= 15 is 0 Å². The van der Waals surface area contributed by atoms with Gasteiger partial charge in [0.15, 0.2) is 5.78 Å². The van der Waals surface area contributed by atoms with E-state index in [9.17, 15) is 18.0 Å². The molecule has 108 valence electrons. The van der Waals surface area contributed by atoms with Gasteiger partial charge in [0.05, 0.1) is 5.56 Å². The predicted octanol–water partition coefficient (Wildman–Crippen LogP) is 5.13. The Morgan fingerprint density at radius 3 is 2.33 bits per heavy atom. The van der Waals surface area contributed by atoms with Crippen molar-refractivity contribution in [2.75, 3.05) is 0 Å². The summed E-state index contributed by atoms with van der Waals surface area (Å²) < 4.78 is 37.7. The third-order valence-corrected chi connectivity index (χ3v) is 4.77. The molecule has 0 aromatic heterocycles. The van der Waals surface area contributed by atoms with Gasteiger partial charge < -0.3 is 0 Å². The average molecular weight is 308 g/mol. The van der Waals surface area contributed by atoms with Crippen LogP contribution in [0.15, 0.2) is 53.4 Å². The van der Waals surface area contributed by atoms with Gasteiger partial charge in [-0.25, -0.2) is 0 Å². The lowest BCUT2D eigenvalue weighted by molar-refractivity contribution is -0.137. The minimum absolute atomic E-state index is 0.0363. The summed E-state index contributed by atoms with van der Waals surface area (Å²) in [4.78, 5) is 13.0. The first-order valence-electron chi connectivity index (χ1n) is 6.41. The molecular weight excluding hydrogens is 297 g/mol. The van der Waals surface area contributed by atoms with Gasteiger partial charge in [0, 0.05) is 22.1 Å². The Morgan fingerprint density at radius 2 is 1.67 bits per heavy atom. The molecule has 0 fully saturated rings. The minimum Gasteiger partial charge on any atom is -0.294 e. The molecule has 0 saturated heterocycles. The Balaban J connectivity index is 1.88. The van der Waals surface area contributed by atoms with Gasteiger partial charge in [-0.05, 0) is 23.8 Å². The zero-order valence-electron chi connectivity index (χ0n) is 10.9. The van der Waals surface area contributed by atoms with E-state index in [0.29, 0.717) is 12.0 Å². The van der Waals surface area contributed by atoms with Crippen LogP contribution in [-0.2, 0) is 6.18 Å². The van der Waals surface area contributed by atoms with E-state index in [1.807, 2.05) is 18.2 Å². The van der Waals surface area contributed by atoms with Gasteiger partial charge in [-0.1, -0.05) is 30.3 Å². The highest BCUT2D eigenvalue weighted by Gasteiger charge is 2.31. The van der Waals surface area contributed by atoms with E-state index in [0.717, 1.165) is 22.6 Å². The lowest BCUT2D eigenvalue weighted by Crippen LogP contribution is -2.12. The van der Waals surface area contributed by atoms with Gasteiger partial charge >= 0.3 is 6.18 Å². The number of halogens is 3. The summed E-state index contributed by atoms with van der Waals surface area (Å²) in [5.74, 6) is 0.0363. The van der Waals surface area contributed by atoms with E-state index in [4.69, 9.17) is 0 Å². The highest BCUT2D eigenvalue weighted by molar-refractivity contribution is 7.99. The fourth-order valence-electron chi connectivity index (χ4n) is 2.35. The number of ketones is 1. The van der Waals surface area contributed by atoms with Gasteiger partial charge in [0.1, 0.15) is 0 Å². The molecule has 1 aliphatic rings. The first kappa shape index (κ1) is 14.2. The average Bonchev–Trinajstić information content (AvgIpc) is 2.46. The Bertz CT molecular complexity index is 677. The van der Waals surface area contributed by atoms with E-state index in [1.165, 1.54) is 23.9 Å². The molecule has 21 heavy (non-hydrogen) atoms. The second-order valence-electron chi connectivity index (χ2n) is 4.85. The molecule has 0 radical (unpaired) electrons. The molecule has 2 aromatic carbocycles. The van der Waals surface area contributed by atoms with Crippen molar-refractivity contribution in [2.45, 2.75) is 22.7 Å². The number of alkyl halides is 3. The maximum absolute atomic E-state index is 12.6. The number of Topliss-reactive ketones (excluding diaryl/α,β-unsaturated/α-hetero) is 1. The molecule has 5 heteroatoms. The minimum atomic E-state index is -4.33. The molecule has 0 saturated carbocycles. The predicted molar refractivity (Wildman–Crippen MR) is 75.4 cm³/mol. The van der Waals surface area contributed by atoms with Gasteiger partial charge in [0.2, 0.25) is 0 Å². The normalized spacial score (nSPS) is 18.4. The molecule has 1 unspecified atom stereocenters. The monoisotopic (exact) mass is 308 g/mol. The number of thioether (sulfide) groups is 1. The maximum atomic E-state index is 12.6. The third-order valence-electron chi connectivity index (χ3n) is 3.44. The first-order chi connectivity index (χ1) is 9.95. The summed E-state index contributed by atoms with van der Waals surface area (Å²) in [5.41, 5.74) is 0.778. The van der Waals surface area contributed by atoms with Crippen LogP contribution < -0.4 is 0 Å².